The highest BCUT2D eigenvalue weighted by atomic mass is 32.2. The number of hydrogen-bond donors (Lipinski definition) is 3. The van der Waals surface area contributed by atoms with Gasteiger partial charge < -0.3 is 16.2 Å². The lowest BCUT2D eigenvalue weighted by molar-refractivity contribution is -0.117. The molecule has 88 valence electrons. The molecule has 0 aliphatic rings. The van der Waals surface area contributed by atoms with Gasteiger partial charge in [-0.3, -0.25) is 4.79 Å². The van der Waals surface area contributed by atoms with E-state index in [0.717, 1.165) is 5.75 Å². The number of phenolic OH excluding ortho intramolecular Hbond substituents is 1. The number of thioether (sulfide) groups is 1. The second kappa shape index (κ2) is 6.40. The van der Waals surface area contributed by atoms with Crippen molar-refractivity contribution in [2.24, 2.45) is 5.73 Å². The number of aromatic hydroxyl groups is 1. The SMILES string of the molecule is CSCC[C@H](N)C(=O)Nc1cccc(O)c1. The molecule has 0 bridgehead atoms. The molecule has 0 aliphatic carbocycles. The van der Waals surface area contributed by atoms with Crippen molar-refractivity contribution in [1.82, 2.24) is 0 Å². The van der Waals surface area contributed by atoms with Gasteiger partial charge in [-0.25, -0.2) is 0 Å². The largest absolute Gasteiger partial charge is 0.508 e. The van der Waals surface area contributed by atoms with Gasteiger partial charge >= 0.3 is 0 Å². The van der Waals surface area contributed by atoms with Gasteiger partial charge in [0.05, 0.1) is 6.04 Å². The number of benzene rings is 1. The highest BCUT2D eigenvalue weighted by Crippen LogP contribution is 2.15. The van der Waals surface area contributed by atoms with Gasteiger partial charge in [-0.15, -0.1) is 0 Å². The molecule has 0 heterocycles. The lowest BCUT2D eigenvalue weighted by atomic mass is 10.2. The van der Waals surface area contributed by atoms with Crippen LogP contribution >= 0.6 is 11.8 Å². The predicted molar refractivity (Wildman–Crippen MR) is 67.7 cm³/mol. The Labute approximate surface area is 99.2 Å². The molecule has 4 nitrogen and oxygen atoms in total. The summed E-state index contributed by atoms with van der Waals surface area (Å²) in [6.07, 6.45) is 2.62. The Balaban J connectivity index is 2.50. The third kappa shape index (κ3) is 4.12. The Morgan fingerprint density at radius 2 is 2.38 bits per heavy atom. The topological polar surface area (TPSA) is 75.4 Å². The Bertz CT molecular complexity index is 358. The van der Waals surface area contributed by atoms with Crippen LogP contribution in [0, 0.1) is 0 Å². The molecule has 1 aromatic carbocycles. The van der Waals surface area contributed by atoms with Crippen LogP contribution in [0.3, 0.4) is 0 Å². The third-order valence-corrected chi connectivity index (χ3v) is 2.73. The summed E-state index contributed by atoms with van der Waals surface area (Å²) in [6, 6.07) is 5.90. The van der Waals surface area contributed by atoms with E-state index in [1.54, 1.807) is 30.0 Å². The fourth-order valence-corrected chi connectivity index (χ4v) is 1.68. The molecule has 1 amide bonds. The van der Waals surface area contributed by atoms with Gasteiger partial charge in [0.2, 0.25) is 5.91 Å². The smallest absolute Gasteiger partial charge is 0.241 e. The molecule has 0 aliphatic heterocycles. The van der Waals surface area contributed by atoms with Crippen molar-refractivity contribution in [3.8, 4) is 5.75 Å². The van der Waals surface area contributed by atoms with Crippen LogP contribution < -0.4 is 11.1 Å². The van der Waals surface area contributed by atoms with Gasteiger partial charge in [0.1, 0.15) is 5.75 Å². The maximum absolute atomic E-state index is 11.6. The normalized spacial score (nSPS) is 12.1. The zero-order chi connectivity index (χ0) is 12.0. The molecule has 16 heavy (non-hydrogen) atoms. The van der Waals surface area contributed by atoms with Crippen LogP contribution in [0.25, 0.3) is 0 Å². The fraction of sp³-hybridized carbons (Fsp3) is 0.364. The Hall–Kier alpha value is -1.20. The van der Waals surface area contributed by atoms with Crippen molar-refractivity contribution in [3.63, 3.8) is 0 Å². The van der Waals surface area contributed by atoms with Crippen molar-refractivity contribution in [3.05, 3.63) is 24.3 Å². The van der Waals surface area contributed by atoms with Crippen LogP contribution in [0.5, 0.6) is 5.75 Å². The number of carbonyl (C=O) groups excluding carboxylic acids is 1. The molecule has 0 saturated heterocycles. The zero-order valence-corrected chi connectivity index (χ0v) is 9.96. The summed E-state index contributed by atoms with van der Waals surface area (Å²) in [5.41, 5.74) is 6.26. The van der Waals surface area contributed by atoms with Gasteiger partial charge in [-0.2, -0.15) is 11.8 Å². The summed E-state index contributed by atoms with van der Waals surface area (Å²) in [6.45, 7) is 0. The minimum absolute atomic E-state index is 0.121. The zero-order valence-electron chi connectivity index (χ0n) is 9.14. The Morgan fingerprint density at radius 3 is 3.00 bits per heavy atom. The van der Waals surface area contributed by atoms with Gasteiger partial charge in [-0.1, -0.05) is 6.07 Å². The summed E-state index contributed by atoms with van der Waals surface area (Å²) in [7, 11) is 0. The van der Waals surface area contributed by atoms with Gasteiger partial charge in [0.15, 0.2) is 0 Å². The maximum atomic E-state index is 11.6. The Morgan fingerprint density at radius 1 is 1.62 bits per heavy atom. The van der Waals surface area contributed by atoms with E-state index < -0.39 is 6.04 Å². The molecule has 1 rings (SSSR count). The van der Waals surface area contributed by atoms with E-state index in [2.05, 4.69) is 5.32 Å². The van der Waals surface area contributed by atoms with Crippen molar-refractivity contribution in [2.75, 3.05) is 17.3 Å². The molecule has 0 aromatic heterocycles. The summed E-state index contributed by atoms with van der Waals surface area (Å²) >= 11 is 1.66. The number of nitrogens with one attached hydrogen (secondary N) is 1. The van der Waals surface area contributed by atoms with Crippen molar-refractivity contribution >= 4 is 23.4 Å². The fourth-order valence-electron chi connectivity index (χ4n) is 1.19. The molecule has 5 heteroatoms. The second-order valence-electron chi connectivity index (χ2n) is 3.43. The van der Waals surface area contributed by atoms with E-state index in [1.165, 1.54) is 6.07 Å². The molecular weight excluding hydrogens is 224 g/mol. The lowest BCUT2D eigenvalue weighted by Gasteiger charge is -2.11. The van der Waals surface area contributed by atoms with E-state index in [-0.39, 0.29) is 11.7 Å². The predicted octanol–water partition coefficient (Wildman–Crippen LogP) is 1.41. The van der Waals surface area contributed by atoms with Crippen LogP contribution in [0.15, 0.2) is 24.3 Å². The molecule has 0 unspecified atom stereocenters. The summed E-state index contributed by atoms with van der Waals surface area (Å²) in [5.74, 6) is 0.754. The summed E-state index contributed by atoms with van der Waals surface area (Å²) in [4.78, 5) is 11.6. The number of anilines is 1. The van der Waals surface area contributed by atoms with E-state index in [1.807, 2.05) is 6.26 Å². The minimum Gasteiger partial charge on any atom is -0.508 e. The molecule has 0 spiro atoms. The van der Waals surface area contributed by atoms with E-state index in [4.69, 9.17) is 5.73 Å². The van der Waals surface area contributed by atoms with Crippen molar-refractivity contribution in [2.45, 2.75) is 12.5 Å². The lowest BCUT2D eigenvalue weighted by Crippen LogP contribution is -2.36. The minimum atomic E-state index is -0.505. The Kier molecular flexibility index (Phi) is 5.14. The van der Waals surface area contributed by atoms with Crippen LogP contribution in [-0.2, 0) is 4.79 Å². The van der Waals surface area contributed by atoms with Crippen molar-refractivity contribution < 1.29 is 9.90 Å². The van der Waals surface area contributed by atoms with Gasteiger partial charge in [0.25, 0.3) is 0 Å². The second-order valence-corrected chi connectivity index (χ2v) is 4.41. The van der Waals surface area contributed by atoms with E-state index in [0.29, 0.717) is 12.1 Å². The molecule has 0 fully saturated rings. The first-order valence-corrected chi connectivity index (χ1v) is 6.37. The highest BCUT2D eigenvalue weighted by molar-refractivity contribution is 7.98. The molecule has 4 N–H and O–H groups in total. The summed E-state index contributed by atoms with van der Waals surface area (Å²) < 4.78 is 0. The van der Waals surface area contributed by atoms with Crippen LogP contribution in [0.4, 0.5) is 5.69 Å². The highest BCUT2D eigenvalue weighted by Gasteiger charge is 2.12. The van der Waals surface area contributed by atoms with Crippen molar-refractivity contribution in [1.29, 1.82) is 0 Å². The van der Waals surface area contributed by atoms with Gasteiger partial charge in [0, 0.05) is 11.8 Å². The maximum Gasteiger partial charge on any atom is 0.241 e. The van der Waals surface area contributed by atoms with E-state index >= 15 is 0 Å². The average molecular weight is 240 g/mol. The first-order valence-electron chi connectivity index (χ1n) is 4.98. The number of rotatable bonds is 5. The number of nitrogens with two attached hydrogens (primary N) is 1. The first kappa shape index (κ1) is 12.9. The quantitative estimate of drug-likeness (QED) is 0.727. The number of phenols is 1. The molecular formula is C11H16N2O2S. The first-order chi connectivity index (χ1) is 7.63. The molecule has 1 atom stereocenters. The van der Waals surface area contributed by atoms with E-state index in [9.17, 15) is 9.90 Å². The standard InChI is InChI=1S/C11H16N2O2S/c1-16-6-5-10(12)11(15)13-8-3-2-4-9(14)7-8/h2-4,7,10,14H,5-6,12H2,1H3,(H,13,15)/t10-/m0/s1. The number of carbonyl (C=O) groups is 1. The van der Waals surface area contributed by atoms with Crippen LogP contribution in [0.1, 0.15) is 6.42 Å². The van der Waals surface area contributed by atoms with Crippen LogP contribution in [0.2, 0.25) is 0 Å². The summed E-state index contributed by atoms with van der Waals surface area (Å²) in [5, 5.41) is 11.9. The number of amides is 1. The third-order valence-electron chi connectivity index (χ3n) is 2.08. The van der Waals surface area contributed by atoms with Crippen LogP contribution in [-0.4, -0.2) is 29.1 Å². The molecule has 0 radical (unpaired) electrons. The molecule has 0 saturated carbocycles. The van der Waals surface area contributed by atoms with Gasteiger partial charge in [-0.05, 0) is 30.6 Å². The number of hydrogen-bond acceptors (Lipinski definition) is 4. The average Bonchev–Trinajstić information content (AvgIpc) is 2.25. The molecule has 1 aromatic rings. The monoisotopic (exact) mass is 240 g/mol.